The number of hydrogen-bond acceptors (Lipinski definition) is 4. The first-order chi connectivity index (χ1) is 11.1. The maximum absolute atomic E-state index is 12.4. The molecule has 0 unspecified atom stereocenters. The molecule has 0 aliphatic carbocycles. The number of carbonyl (C=O) groups excluding carboxylic acids is 2. The molecule has 5 nitrogen and oxygen atoms in total. The Morgan fingerprint density at radius 2 is 2.22 bits per heavy atom. The molecule has 118 valence electrons. The first-order valence-electron chi connectivity index (χ1n) is 7.14. The van der Waals surface area contributed by atoms with Crippen molar-refractivity contribution in [3.8, 4) is 5.75 Å². The molecule has 1 aromatic heterocycles. The van der Waals surface area contributed by atoms with E-state index in [-0.39, 0.29) is 5.91 Å². The van der Waals surface area contributed by atoms with Crippen LogP contribution in [0.2, 0.25) is 0 Å². The number of ether oxygens (including phenoxy) is 1. The summed E-state index contributed by atoms with van der Waals surface area (Å²) in [6, 6.07) is 6.98. The number of pyridine rings is 1. The van der Waals surface area contributed by atoms with Crippen molar-refractivity contribution in [1.29, 1.82) is 0 Å². The summed E-state index contributed by atoms with van der Waals surface area (Å²) in [4.78, 5) is 29.1. The van der Waals surface area contributed by atoms with Crippen LogP contribution in [-0.2, 0) is 13.1 Å². The van der Waals surface area contributed by atoms with Crippen LogP contribution in [0.4, 0.5) is 4.39 Å². The molecule has 0 saturated carbocycles. The van der Waals surface area contributed by atoms with E-state index in [2.05, 4.69) is 4.98 Å². The Morgan fingerprint density at radius 1 is 1.39 bits per heavy atom. The molecule has 0 atom stereocenters. The van der Waals surface area contributed by atoms with Gasteiger partial charge in [0.2, 0.25) is 6.86 Å². The van der Waals surface area contributed by atoms with E-state index in [0.717, 1.165) is 11.1 Å². The van der Waals surface area contributed by atoms with Crippen LogP contribution < -0.4 is 4.74 Å². The van der Waals surface area contributed by atoms with Gasteiger partial charge in [-0.25, -0.2) is 4.39 Å². The van der Waals surface area contributed by atoms with Gasteiger partial charge in [-0.3, -0.25) is 14.6 Å². The fourth-order valence-corrected chi connectivity index (χ4v) is 2.79. The van der Waals surface area contributed by atoms with Gasteiger partial charge in [0.1, 0.15) is 11.4 Å². The summed E-state index contributed by atoms with van der Waals surface area (Å²) in [5.41, 5.74) is 3.22. The van der Waals surface area contributed by atoms with E-state index < -0.39 is 6.86 Å². The van der Waals surface area contributed by atoms with Gasteiger partial charge in [0.05, 0.1) is 0 Å². The van der Waals surface area contributed by atoms with Gasteiger partial charge in [-0.15, -0.1) is 0 Å². The van der Waals surface area contributed by atoms with Crippen LogP contribution in [0.3, 0.4) is 0 Å². The van der Waals surface area contributed by atoms with Crippen LogP contribution in [0.5, 0.6) is 5.75 Å². The molecule has 0 saturated heterocycles. The van der Waals surface area contributed by atoms with E-state index in [1.807, 2.05) is 13.0 Å². The van der Waals surface area contributed by atoms with Gasteiger partial charge in [0.25, 0.3) is 5.91 Å². The van der Waals surface area contributed by atoms with Gasteiger partial charge in [0, 0.05) is 30.4 Å². The largest absolute Gasteiger partial charge is 0.463 e. The second-order valence-electron chi connectivity index (χ2n) is 5.35. The average molecular weight is 314 g/mol. The first-order valence-corrected chi connectivity index (χ1v) is 7.14. The molecule has 0 bridgehead atoms. The summed E-state index contributed by atoms with van der Waals surface area (Å²) in [5, 5.41) is 0. The second-order valence-corrected chi connectivity index (χ2v) is 5.35. The van der Waals surface area contributed by atoms with Crippen molar-refractivity contribution in [3.05, 3.63) is 58.4 Å². The molecule has 1 aliphatic rings. The smallest absolute Gasteiger partial charge is 0.254 e. The monoisotopic (exact) mass is 314 g/mol. The Morgan fingerprint density at radius 3 is 2.91 bits per heavy atom. The molecule has 0 spiro atoms. The predicted molar refractivity (Wildman–Crippen MR) is 81.0 cm³/mol. The van der Waals surface area contributed by atoms with Crippen molar-refractivity contribution in [2.75, 3.05) is 6.86 Å². The molecule has 0 fully saturated rings. The molecule has 2 heterocycles. The number of aryl methyl sites for hydroxylation is 1. The van der Waals surface area contributed by atoms with Crippen LogP contribution in [0, 0.1) is 6.92 Å². The number of alkyl halides is 1. The maximum Gasteiger partial charge on any atom is 0.254 e. The van der Waals surface area contributed by atoms with Gasteiger partial charge in [-0.1, -0.05) is 12.1 Å². The lowest BCUT2D eigenvalue weighted by atomic mass is 10.1. The van der Waals surface area contributed by atoms with Gasteiger partial charge in [-0.05, 0) is 30.2 Å². The number of carbonyl (C=O) groups is 2. The highest BCUT2D eigenvalue weighted by Crippen LogP contribution is 2.27. The van der Waals surface area contributed by atoms with Crippen molar-refractivity contribution in [2.45, 2.75) is 20.0 Å². The zero-order chi connectivity index (χ0) is 16.4. The quantitative estimate of drug-likeness (QED) is 0.796. The third kappa shape index (κ3) is 2.79. The van der Waals surface area contributed by atoms with E-state index in [1.165, 1.54) is 6.20 Å². The number of benzene rings is 1. The summed E-state index contributed by atoms with van der Waals surface area (Å²) in [5.74, 6) is 0.368. The van der Waals surface area contributed by atoms with Crippen molar-refractivity contribution in [1.82, 2.24) is 9.88 Å². The number of aldehydes is 1. The summed E-state index contributed by atoms with van der Waals surface area (Å²) in [7, 11) is 0. The van der Waals surface area contributed by atoms with Crippen molar-refractivity contribution >= 4 is 12.2 Å². The third-order valence-corrected chi connectivity index (χ3v) is 3.89. The zero-order valence-electron chi connectivity index (χ0n) is 12.6. The fourth-order valence-electron chi connectivity index (χ4n) is 2.79. The molecular formula is C17H15FN2O3. The predicted octanol–water partition coefficient (Wildman–Crippen LogP) is 2.66. The van der Waals surface area contributed by atoms with E-state index in [0.29, 0.717) is 41.9 Å². The summed E-state index contributed by atoms with van der Waals surface area (Å²) >= 11 is 0. The van der Waals surface area contributed by atoms with Crippen molar-refractivity contribution in [2.24, 2.45) is 0 Å². The number of amides is 1. The lowest BCUT2D eigenvalue weighted by Gasteiger charge is -2.16. The number of nitrogens with zero attached hydrogens (tertiary/aromatic N) is 2. The van der Waals surface area contributed by atoms with Gasteiger partial charge in [-0.2, -0.15) is 0 Å². The van der Waals surface area contributed by atoms with Crippen LogP contribution >= 0.6 is 0 Å². The number of halogens is 1. The van der Waals surface area contributed by atoms with Crippen LogP contribution in [0.1, 0.15) is 37.5 Å². The lowest BCUT2D eigenvalue weighted by molar-refractivity contribution is 0.0766. The highest BCUT2D eigenvalue weighted by atomic mass is 19.1. The second kappa shape index (κ2) is 6.16. The van der Waals surface area contributed by atoms with E-state index in [1.54, 1.807) is 23.1 Å². The molecule has 23 heavy (non-hydrogen) atoms. The van der Waals surface area contributed by atoms with Crippen LogP contribution in [-0.4, -0.2) is 28.9 Å². The van der Waals surface area contributed by atoms with Gasteiger partial charge >= 0.3 is 0 Å². The summed E-state index contributed by atoms with van der Waals surface area (Å²) in [6.45, 7) is 1.71. The molecular weight excluding hydrogens is 299 g/mol. The first kappa shape index (κ1) is 15.1. The topological polar surface area (TPSA) is 59.5 Å². The summed E-state index contributed by atoms with van der Waals surface area (Å²) in [6.07, 6.45) is 2.14. The summed E-state index contributed by atoms with van der Waals surface area (Å²) < 4.78 is 17.1. The minimum Gasteiger partial charge on any atom is -0.463 e. The number of rotatable bonds is 5. The van der Waals surface area contributed by atoms with E-state index in [9.17, 15) is 14.0 Å². The van der Waals surface area contributed by atoms with Crippen molar-refractivity contribution in [3.63, 3.8) is 0 Å². The Balaban J connectivity index is 1.81. The Hall–Kier alpha value is -2.76. The highest BCUT2D eigenvalue weighted by Gasteiger charge is 2.29. The van der Waals surface area contributed by atoms with Crippen molar-refractivity contribution < 1.29 is 18.7 Å². The number of aromatic nitrogens is 1. The lowest BCUT2D eigenvalue weighted by Crippen LogP contribution is -2.23. The Bertz CT molecular complexity index is 776. The molecule has 2 aromatic rings. The fraction of sp³-hybridized carbons (Fsp3) is 0.235. The highest BCUT2D eigenvalue weighted by molar-refractivity contribution is 6.00. The maximum atomic E-state index is 12.4. The SMILES string of the molecule is Cc1cc(CN2Cc3c(ccnc3C=O)C2=O)ccc1OCF. The normalized spacial score (nSPS) is 13.1. The number of fused-ring (bicyclic) bond motifs is 1. The molecule has 0 N–H and O–H groups in total. The van der Waals surface area contributed by atoms with Crippen LogP contribution in [0.15, 0.2) is 30.5 Å². The molecule has 1 aliphatic heterocycles. The molecule has 0 radical (unpaired) electrons. The Labute approximate surface area is 132 Å². The third-order valence-electron chi connectivity index (χ3n) is 3.89. The molecule has 6 heteroatoms. The average Bonchev–Trinajstić information content (AvgIpc) is 2.86. The molecule has 1 amide bonds. The number of hydrogen-bond donors (Lipinski definition) is 0. The van der Waals surface area contributed by atoms with E-state index >= 15 is 0 Å². The van der Waals surface area contributed by atoms with Gasteiger partial charge in [0.15, 0.2) is 6.29 Å². The molecule has 3 rings (SSSR count). The minimum atomic E-state index is -0.873. The minimum absolute atomic E-state index is 0.118. The van der Waals surface area contributed by atoms with Crippen LogP contribution in [0.25, 0.3) is 0 Å². The standard InChI is InChI=1S/C17H15FN2O3/c1-11-6-12(2-3-16(11)23-10-18)7-20-8-14-13(17(20)22)4-5-19-15(14)9-21/h2-6,9H,7-8,10H2,1H3. The zero-order valence-corrected chi connectivity index (χ0v) is 12.6. The molecule has 1 aromatic carbocycles. The van der Waals surface area contributed by atoms with Gasteiger partial charge < -0.3 is 9.64 Å². The van der Waals surface area contributed by atoms with E-state index in [4.69, 9.17) is 4.74 Å². The Kier molecular flexibility index (Phi) is 4.06.